The fraction of sp³-hybridized carbons (Fsp3) is 0.100. The Balaban J connectivity index is 1.79. The van der Waals surface area contributed by atoms with Gasteiger partial charge < -0.3 is 5.32 Å². The lowest BCUT2D eigenvalue weighted by molar-refractivity contribution is 1.08. The quantitative estimate of drug-likeness (QED) is 0.610. The summed E-state index contributed by atoms with van der Waals surface area (Å²) in [6.07, 6.45) is 3.85. The van der Waals surface area contributed by atoms with Gasteiger partial charge in [-0.3, -0.25) is 9.38 Å². The van der Waals surface area contributed by atoms with E-state index in [0.717, 1.165) is 29.4 Å². The van der Waals surface area contributed by atoms with Gasteiger partial charge in [0, 0.05) is 18.9 Å². The van der Waals surface area contributed by atoms with Crippen molar-refractivity contribution < 1.29 is 0 Å². The summed E-state index contributed by atoms with van der Waals surface area (Å²) >= 11 is 0. The van der Waals surface area contributed by atoms with Crippen molar-refractivity contribution >= 4 is 11.5 Å². The lowest BCUT2D eigenvalue weighted by Crippen LogP contribution is -2.03. The molecule has 118 valence electrons. The van der Waals surface area contributed by atoms with Crippen LogP contribution in [-0.4, -0.2) is 14.4 Å². The van der Waals surface area contributed by atoms with Crippen molar-refractivity contribution in [3.05, 3.63) is 84.2 Å². The number of rotatable bonds is 4. The van der Waals surface area contributed by atoms with Crippen LogP contribution >= 0.6 is 0 Å². The molecule has 0 aliphatic heterocycles. The Hall–Kier alpha value is -3.14. The van der Waals surface area contributed by atoms with Crippen LogP contribution in [0.15, 0.2) is 73.1 Å². The summed E-state index contributed by atoms with van der Waals surface area (Å²) in [4.78, 5) is 9.26. The van der Waals surface area contributed by atoms with E-state index in [1.807, 2.05) is 24.3 Å². The topological polar surface area (TPSA) is 42.2 Å². The maximum absolute atomic E-state index is 4.79. The Kier molecular flexibility index (Phi) is 3.71. The maximum atomic E-state index is 4.79. The number of aromatic nitrogens is 3. The van der Waals surface area contributed by atoms with E-state index in [4.69, 9.17) is 4.98 Å². The lowest BCUT2D eigenvalue weighted by atomic mass is 10.2. The number of benzene rings is 1. The highest BCUT2D eigenvalue weighted by atomic mass is 15.1. The highest BCUT2D eigenvalue weighted by Gasteiger charge is 2.14. The van der Waals surface area contributed by atoms with Crippen LogP contribution in [0.2, 0.25) is 0 Å². The second kappa shape index (κ2) is 6.16. The SMILES string of the molecule is Cc1ccn2c(NCc3ccccc3)c(-c3ccccn3)nc2c1. The molecule has 3 heterocycles. The van der Waals surface area contributed by atoms with E-state index in [1.165, 1.54) is 11.1 Å². The van der Waals surface area contributed by atoms with Crippen molar-refractivity contribution in [2.24, 2.45) is 0 Å². The molecule has 0 amide bonds. The van der Waals surface area contributed by atoms with Crippen LogP contribution in [0, 0.1) is 6.92 Å². The minimum absolute atomic E-state index is 0.738. The van der Waals surface area contributed by atoms with Crippen LogP contribution in [0.1, 0.15) is 11.1 Å². The molecule has 0 spiro atoms. The summed E-state index contributed by atoms with van der Waals surface area (Å²) in [5, 5.41) is 3.53. The van der Waals surface area contributed by atoms with E-state index >= 15 is 0 Å². The largest absolute Gasteiger partial charge is 0.365 e. The van der Waals surface area contributed by atoms with Gasteiger partial charge in [-0.15, -0.1) is 0 Å². The molecule has 0 fully saturated rings. The van der Waals surface area contributed by atoms with E-state index in [2.05, 4.69) is 64.2 Å². The molecule has 0 bridgehead atoms. The van der Waals surface area contributed by atoms with Gasteiger partial charge in [-0.05, 0) is 42.3 Å². The van der Waals surface area contributed by atoms with E-state index in [0.29, 0.717) is 0 Å². The normalized spacial score (nSPS) is 10.9. The summed E-state index contributed by atoms with van der Waals surface area (Å²) in [6, 6.07) is 20.4. The Bertz CT molecular complexity index is 959. The van der Waals surface area contributed by atoms with Gasteiger partial charge in [0.25, 0.3) is 0 Å². The zero-order valence-electron chi connectivity index (χ0n) is 13.5. The first-order valence-corrected chi connectivity index (χ1v) is 7.99. The number of pyridine rings is 2. The third-order valence-corrected chi connectivity index (χ3v) is 3.99. The minimum atomic E-state index is 0.738. The van der Waals surface area contributed by atoms with Gasteiger partial charge in [0.05, 0.1) is 5.69 Å². The monoisotopic (exact) mass is 314 g/mol. The summed E-state index contributed by atoms with van der Waals surface area (Å²) < 4.78 is 2.08. The molecule has 0 saturated heterocycles. The molecule has 4 rings (SSSR count). The van der Waals surface area contributed by atoms with E-state index in [9.17, 15) is 0 Å². The molecule has 24 heavy (non-hydrogen) atoms. The average Bonchev–Trinajstić information content (AvgIpc) is 2.99. The number of nitrogens with zero attached hydrogens (tertiary/aromatic N) is 3. The van der Waals surface area contributed by atoms with Gasteiger partial charge in [-0.1, -0.05) is 36.4 Å². The molecule has 0 radical (unpaired) electrons. The number of hydrogen-bond donors (Lipinski definition) is 1. The molecule has 0 atom stereocenters. The van der Waals surface area contributed by atoms with Gasteiger partial charge in [0.15, 0.2) is 0 Å². The standard InChI is InChI=1S/C20H18N4/c1-15-10-12-24-18(13-15)23-19(17-9-5-6-11-21-17)20(24)22-14-16-7-3-2-4-8-16/h2-13,22H,14H2,1H3. The van der Waals surface area contributed by atoms with Gasteiger partial charge in [-0.25, -0.2) is 4.98 Å². The molecular formula is C20H18N4. The molecule has 0 saturated carbocycles. The molecule has 1 N–H and O–H groups in total. The molecule has 4 nitrogen and oxygen atoms in total. The lowest BCUT2D eigenvalue weighted by Gasteiger charge is -2.09. The van der Waals surface area contributed by atoms with Crippen molar-refractivity contribution in [2.45, 2.75) is 13.5 Å². The second-order valence-corrected chi connectivity index (χ2v) is 5.80. The first-order chi connectivity index (χ1) is 11.8. The predicted octanol–water partition coefficient (Wildman–Crippen LogP) is 4.32. The van der Waals surface area contributed by atoms with Crippen molar-refractivity contribution in [1.29, 1.82) is 0 Å². The smallest absolute Gasteiger partial charge is 0.140 e. The fourth-order valence-corrected chi connectivity index (χ4v) is 2.78. The fourth-order valence-electron chi connectivity index (χ4n) is 2.78. The Morgan fingerprint density at radius 1 is 1.00 bits per heavy atom. The molecule has 1 aromatic carbocycles. The molecule has 0 aliphatic rings. The molecule has 4 heteroatoms. The average molecular weight is 314 g/mol. The van der Waals surface area contributed by atoms with Crippen LogP contribution < -0.4 is 5.32 Å². The van der Waals surface area contributed by atoms with Crippen LogP contribution in [0.5, 0.6) is 0 Å². The Morgan fingerprint density at radius 3 is 2.62 bits per heavy atom. The summed E-state index contributed by atoms with van der Waals surface area (Å²) in [5.74, 6) is 0.965. The molecule has 3 aromatic heterocycles. The van der Waals surface area contributed by atoms with Crippen LogP contribution in [0.25, 0.3) is 17.0 Å². The molecule has 0 unspecified atom stereocenters. The Morgan fingerprint density at radius 2 is 1.83 bits per heavy atom. The first-order valence-electron chi connectivity index (χ1n) is 7.99. The highest BCUT2D eigenvalue weighted by molar-refractivity contribution is 5.74. The van der Waals surface area contributed by atoms with Crippen LogP contribution in [0.3, 0.4) is 0 Å². The van der Waals surface area contributed by atoms with E-state index in [-0.39, 0.29) is 0 Å². The summed E-state index contributed by atoms with van der Waals surface area (Å²) in [7, 11) is 0. The van der Waals surface area contributed by atoms with Crippen LogP contribution in [0.4, 0.5) is 5.82 Å². The van der Waals surface area contributed by atoms with Gasteiger partial charge in [-0.2, -0.15) is 0 Å². The third kappa shape index (κ3) is 2.74. The molecule has 4 aromatic rings. The van der Waals surface area contributed by atoms with Crippen molar-refractivity contribution in [1.82, 2.24) is 14.4 Å². The van der Waals surface area contributed by atoms with Gasteiger partial charge >= 0.3 is 0 Å². The van der Waals surface area contributed by atoms with Gasteiger partial charge in [0.2, 0.25) is 0 Å². The third-order valence-electron chi connectivity index (χ3n) is 3.99. The second-order valence-electron chi connectivity index (χ2n) is 5.80. The summed E-state index contributed by atoms with van der Waals surface area (Å²) in [5.41, 5.74) is 5.08. The number of anilines is 1. The van der Waals surface area contributed by atoms with Crippen molar-refractivity contribution in [3.63, 3.8) is 0 Å². The zero-order chi connectivity index (χ0) is 16.4. The maximum Gasteiger partial charge on any atom is 0.140 e. The van der Waals surface area contributed by atoms with E-state index in [1.54, 1.807) is 6.20 Å². The zero-order valence-corrected chi connectivity index (χ0v) is 13.5. The number of hydrogen-bond acceptors (Lipinski definition) is 3. The number of aryl methyl sites for hydroxylation is 1. The number of nitrogens with one attached hydrogen (secondary N) is 1. The molecule has 0 aliphatic carbocycles. The first kappa shape index (κ1) is 14.5. The van der Waals surface area contributed by atoms with Crippen molar-refractivity contribution in [3.8, 4) is 11.4 Å². The predicted molar refractivity (Wildman–Crippen MR) is 96.9 cm³/mol. The number of fused-ring (bicyclic) bond motifs is 1. The number of imidazole rings is 1. The Labute approximate surface area is 140 Å². The van der Waals surface area contributed by atoms with Crippen LogP contribution in [-0.2, 0) is 6.54 Å². The minimum Gasteiger partial charge on any atom is -0.365 e. The van der Waals surface area contributed by atoms with Crippen molar-refractivity contribution in [2.75, 3.05) is 5.32 Å². The van der Waals surface area contributed by atoms with E-state index < -0.39 is 0 Å². The molecular weight excluding hydrogens is 296 g/mol. The van der Waals surface area contributed by atoms with Gasteiger partial charge in [0.1, 0.15) is 17.2 Å². The summed E-state index contributed by atoms with van der Waals surface area (Å²) in [6.45, 7) is 2.81. The highest BCUT2D eigenvalue weighted by Crippen LogP contribution is 2.28.